The molecule has 1 saturated carbocycles. The Morgan fingerprint density at radius 3 is 2.83 bits per heavy atom. The lowest BCUT2D eigenvalue weighted by Gasteiger charge is -2.12. The van der Waals surface area contributed by atoms with E-state index in [1.54, 1.807) is 30.7 Å². The van der Waals surface area contributed by atoms with Gasteiger partial charge in [0.05, 0.1) is 18.1 Å². The zero-order valence-electron chi connectivity index (χ0n) is 13.0. The molecule has 4 rings (SSSR count). The Hall–Kier alpha value is -3.03. The summed E-state index contributed by atoms with van der Waals surface area (Å²) >= 11 is 0. The number of nitrogens with zero attached hydrogens (tertiary/aromatic N) is 4. The number of rotatable bonds is 3. The van der Waals surface area contributed by atoms with Crippen LogP contribution in [-0.4, -0.2) is 37.2 Å². The molecule has 0 spiro atoms. The van der Waals surface area contributed by atoms with Gasteiger partial charge in [0, 0.05) is 17.8 Å². The van der Waals surface area contributed by atoms with Gasteiger partial charge in [0.1, 0.15) is 11.3 Å². The molecule has 2 amide bonds. The Balaban J connectivity index is 1.54. The first-order valence-electron chi connectivity index (χ1n) is 7.98. The highest BCUT2D eigenvalue weighted by Crippen LogP contribution is 2.19. The van der Waals surface area contributed by atoms with E-state index in [-0.39, 0.29) is 12.1 Å². The zero-order valence-corrected chi connectivity index (χ0v) is 13.0. The Labute approximate surface area is 138 Å². The summed E-state index contributed by atoms with van der Waals surface area (Å²) in [7, 11) is 0. The maximum absolute atomic E-state index is 12.0. The van der Waals surface area contributed by atoms with E-state index in [0.29, 0.717) is 22.7 Å². The smallest absolute Gasteiger partial charge is 0.320 e. The van der Waals surface area contributed by atoms with Crippen LogP contribution in [0.25, 0.3) is 22.4 Å². The van der Waals surface area contributed by atoms with Gasteiger partial charge in [0.15, 0.2) is 5.65 Å². The number of amides is 2. The van der Waals surface area contributed by atoms with E-state index < -0.39 is 0 Å². The molecule has 0 bridgehead atoms. The van der Waals surface area contributed by atoms with Gasteiger partial charge in [-0.1, -0.05) is 12.8 Å². The van der Waals surface area contributed by atoms with E-state index in [1.807, 2.05) is 0 Å². The summed E-state index contributed by atoms with van der Waals surface area (Å²) in [4.78, 5) is 25.3. The summed E-state index contributed by atoms with van der Waals surface area (Å²) in [5.74, 6) is 0.455. The van der Waals surface area contributed by atoms with Crippen LogP contribution in [0.15, 0.2) is 30.7 Å². The van der Waals surface area contributed by atoms with Gasteiger partial charge >= 0.3 is 6.03 Å². The molecular weight excluding hydrogens is 306 g/mol. The fourth-order valence-electron chi connectivity index (χ4n) is 2.91. The van der Waals surface area contributed by atoms with E-state index in [9.17, 15) is 4.79 Å². The molecule has 0 atom stereocenters. The summed E-state index contributed by atoms with van der Waals surface area (Å²) < 4.78 is 0. The van der Waals surface area contributed by atoms with Crippen molar-refractivity contribution in [3.8, 4) is 11.3 Å². The number of fused-ring (bicyclic) bond motifs is 1. The molecule has 0 saturated heterocycles. The van der Waals surface area contributed by atoms with Crippen LogP contribution in [0, 0.1) is 0 Å². The Morgan fingerprint density at radius 1 is 1.17 bits per heavy atom. The molecule has 122 valence electrons. The van der Waals surface area contributed by atoms with Crippen LogP contribution in [0.4, 0.5) is 10.6 Å². The molecule has 0 aromatic carbocycles. The van der Waals surface area contributed by atoms with E-state index in [0.717, 1.165) is 18.4 Å². The van der Waals surface area contributed by atoms with Gasteiger partial charge in [0.25, 0.3) is 0 Å². The van der Waals surface area contributed by atoms with E-state index in [4.69, 9.17) is 0 Å². The van der Waals surface area contributed by atoms with Crippen molar-refractivity contribution in [1.82, 2.24) is 30.5 Å². The third kappa shape index (κ3) is 3.03. The third-order valence-electron chi connectivity index (χ3n) is 4.13. The van der Waals surface area contributed by atoms with Gasteiger partial charge < -0.3 is 5.32 Å². The zero-order chi connectivity index (χ0) is 16.4. The van der Waals surface area contributed by atoms with Crippen LogP contribution in [-0.2, 0) is 0 Å². The number of urea groups is 1. The highest BCUT2D eigenvalue weighted by atomic mass is 16.2. The van der Waals surface area contributed by atoms with Crippen LogP contribution in [0.3, 0.4) is 0 Å². The SMILES string of the molecule is O=C(Nc1ccc2ncc(-c3cn[nH]c3)nc2n1)NC1CCCC1. The predicted molar refractivity (Wildman–Crippen MR) is 89.3 cm³/mol. The van der Waals surface area contributed by atoms with E-state index in [1.165, 1.54) is 12.8 Å². The maximum Gasteiger partial charge on any atom is 0.320 e. The maximum atomic E-state index is 12.0. The number of anilines is 1. The minimum Gasteiger partial charge on any atom is -0.335 e. The van der Waals surface area contributed by atoms with Crippen LogP contribution in [0.5, 0.6) is 0 Å². The summed E-state index contributed by atoms with van der Waals surface area (Å²) in [5.41, 5.74) is 2.66. The highest BCUT2D eigenvalue weighted by molar-refractivity contribution is 5.89. The monoisotopic (exact) mass is 323 g/mol. The Bertz CT molecular complexity index is 856. The van der Waals surface area contributed by atoms with Crippen molar-refractivity contribution in [2.45, 2.75) is 31.7 Å². The number of aromatic nitrogens is 5. The molecule has 1 fully saturated rings. The first-order valence-corrected chi connectivity index (χ1v) is 7.98. The normalized spacial score (nSPS) is 14.8. The molecule has 0 aliphatic heterocycles. The van der Waals surface area contributed by atoms with Gasteiger partial charge in [-0.2, -0.15) is 5.10 Å². The number of carbonyl (C=O) groups excluding carboxylic acids is 1. The fourth-order valence-corrected chi connectivity index (χ4v) is 2.91. The van der Waals surface area contributed by atoms with Crippen LogP contribution in [0.1, 0.15) is 25.7 Å². The average Bonchev–Trinajstić information content (AvgIpc) is 3.27. The van der Waals surface area contributed by atoms with Crippen molar-refractivity contribution in [1.29, 1.82) is 0 Å². The van der Waals surface area contributed by atoms with Crippen molar-refractivity contribution in [2.24, 2.45) is 0 Å². The molecule has 3 N–H and O–H groups in total. The predicted octanol–water partition coefficient (Wildman–Crippen LogP) is 2.48. The molecule has 1 aliphatic carbocycles. The second kappa shape index (κ2) is 6.23. The van der Waals surface area contributed by atoms with E-state index >= 15 is 0 Å². The number of nitrogens with one attached hydrogen (secondary N) is 3. The van der Waals surface area contributed by atoms with Gasteiger partial charge in [-0.05, 0) is 25.0 Å². The number of pyridine rings is 1. The molecule has 3 aromatic heterocycles. The standard InChI is InChI=1S/C16H17N7O/c24-16(20-11-3-1-2-4-11)23-14-6-5-12-15(22-14)21-13(9-17-12)10-7-18-19-8-10/h5-9,11H,1-4H2,(H,18,19)(H2,20,21,22,23,24). The number of carbonyl (C=O) groups is 1. The van der Waals surface area contributed by atoms with Crippen molar-refractivity contribution in [2.75, 3.05) is 5.32 Å². The van der Waals surface area contributed by atoms with Crippen molar-refractivity contribution in [3.63, 3.8) is 0 Å². The molecule has 3 heterocycles. The first-order chi connectivity index (χ1) is 11.8. The van der Waals surface area contributed by atoms with Crippen molar-refractivity contribution in [3.05, 3.63) is 30.7 Å². The lowest BCUT2D eigenvalue weighted by atomic mass is 10.2. The Morgan fingerprint density at radius 2 is 2.04 bits per heavy atom. The van der Waals surface area contributed by atoms with Gasteiger partial charge in [-0.3, -0.25) is 15.4 Å². The summed E-state index contributed by atoms with van der Waals surface area (Å²) in [6.07, 6.45) is 9.52. The molecule has 0 unspecified atom stereocenters. The van der Waals surface area contributed by atoms with Crippen molar-refractivity contribution >= 4 is 23.0 Å². The number of hydrogen-bond acceptors (Lipinski definition) is 5. The molecule has 3 aromatic rings. The average molecular weight is 323 g/mol. The van der Waals surface area contributed by atoms with Gasteiger partial charge in [0.2, 0.25) is 0 Å². The number of H-pyrrole nitrogens is 1. The minimum atomic E-state index is -0.229. The van der Waals surface area contributed by atoms with Gasteiger partial charge in [-0.25, -0.2) is 14.8 Å². The molecule has 8 nitrogen and oxygen atoms in total. The van der Waals surface area contributed by atoms with E-state index in [2.05, 4.69) is 35.8 Å². The first kappa shape index (κ1) is 14.6. The second-order valence-electron chi connectivity index (χ2n) is 5.86. The lowest BCUT2D eigenvalue weighted by Crippen LogP contribution is -2.36. The fraction of sp³-hybridized carbons (Fsp3) is 0.312. The van der Waals surface area contributed by atoms with Crippen LogP contribution >= 0.6 is 0 Å². The Kier molecular flexibility index (Phi) is 3.78. The van der Waals surface area contributed by atoms with Crippen LogP contribution < -0.4 is 10.6 Å². The number of hydrogen-bond donors (Lipinski definition) is 3. The largest absolute Gasteiger partial charge is 0.335 e. The second-order valence-corrected chi connectivity index (χ2v) is 5.86. The summed E-state index contributed by atoms with van der Waals surface area (Å²) in [6, 6.07) is 3.55. The van der Waals surface area contributed by atoms with Gasteiger partial charge in [-0.15, -0.1) is 0 Å². The lowest BCUT2D eigenvalue weighted by molar-refractivity contribution is 0.248. The number of aromatic amines is 1. The van der Waals surface area contributed by atoms with Crippen LogP contribution in [0.2, 0.25) is 0 Å². The molecule has 8 heteroatoms. The molecule has 24 heavy (non-hydrogen) atoms. The topological polar surface area (TPSA) is 108 Å². The molecular formula is C16H17N7O. The summed E-state index contributed by atoms with van der Waals surface area (Å²) in [6.45, 7) is 0. The minimum absolute atomic E-state index is 0.229. The quantitative estimate of drug-likeness (QED) is 0.686. The third-order valence-corrected chi connectivity index (χ3v) is 4.13. The molecule has 1 aliphatic rings. The summed E-state index contributed by atoms with van der Waals surface area (Å²) in [5, 5.41) is 12.4. The van der Waals surface area contributed by atoms with Crippen molar-refractivity contribution < 1.29 is 4.79 Å². The highest BCUT2D eigenvalue weighted by Gasteiger charge is 2.17. The molecule has 0 radical (unpaired) electrons.